The van der Waals surface area contributed by atoms with E-state index < -0.39 is 12.0 Å². The van der Waals surface area contributed by atoms with Crippen molar-refractivity contribution in [1.82, 2.24) is 9.55 Å². The molecule has 124 valence electrons. The Morgan fingerprint density at radius 3 is 2.83 bits per heavy atom. The molecule has 2 rings (SSSR count). The van der Waals surface area contributed by atoms with Crippen LogP contribution in [0.5, 0.6) is 5.75 Å². The van der Waals surface area contributed by atoms with Crippen LogP contribution < -0.4 is 10.5 Å². The van der Waals surface area contributed by atoms with Crippen molar-refractivity contribution < 1.29 is 14.6 Å². The van der Waals surface area contributed by atoms with Crippen LogP contribution in [0.1, 0.15) is 23.3 Å². The highest BCUT2D eigenvalue weighted by molar-refractivity contribution is 6.42. The fraction of sp³-hybridized carbons (Fsp3) is 0.333. The van der Waals surface area contributed by atoms with Gasteiger partial charge in [-0.1, -0.05) is 23.2 Å². The molecule has 0 bridgehead atoms. The molecule has 1 aromatic heterocycles. The van der Waals surface area contributed by atoms with Gasteiger partial charge < -0.3 is 20.1 Å². The number of hydrogen-bond acceptors (Lipinski definition) is 4. The van der Waals surface area contributed by atoms with Crippen LogP contribution in [-0.2, 0) is 6.54 Å². The quantitative estimate of drug-likeness (QED) is 0.710. The summed E-state index contributed by atoms with van der Waals surface area (Å²) in [5.74, 6) is 0.0443. The van der Waals surface area contributed by atoms with Crippen molar-refractivity contribution in [2.75, 3.05) is 6.61 Å². The molecule has 6 nitrogen and oxygen atoms in total. The average molecular weight is 358 g/mol. The van der Waals surface area contributed by atoms with Gasteiger partial charge in [-0.15, -0.1) is 0 Å². The lowest BCUT2D eigenvalue weighted by Gasteiger charge is -2.12. The van der Waals surface area contributed by atoms with E-state index in [1.165, 1.54) is 12.5 Å². The van der Waals surface area contributed by atoms with Gasteiger partial charge in [-0.2, -0.15) is 0 Å². The second-order valence-electron chi connectivity index (χ2n) is 5.04. The molecule has 0 aliphatic heterocycles. The molecule has 0 radical (unpaired) electrons. The van der Waals surface area contributed by atoms with Crippen LogP contribution in [-0.4, -0.2) is 33.3 Å². The van der Waals surface area contributed by atoms with E-state index in [1.807, 2.05) is 0 Å². The third-order valence-corrected chi connectivity index (χ3v) is 3.89. The monoisotopic (exact) mass is 357 g/mol. The molecule has 1 aromatic carbocycles. The number of carbonyl (C=O) groups excluding carboxylic acids is 1. The number of ether oxygens (including phenoxy) is 1. The fourth-order valence-corrected chi connectivity index (χ4v) is 2.29. The van der Waals surface area contributed by atoms with Crippen molar-refractivity contribution in [2.24, 2.45) is 5.73 Å². The first-order valence-electron chi connectivity index (χ1n) is 7.03. The minimum Gasteiger partial charge on any atom is -0.494 e. The normalized spacial score (nSPS) is 12.1. The van der Waals surface area contributed by atoms with Crippen molar-refractivity contribution in [1.29, 1.82) is 0 Å². The van der Waals surface area contributed by atoms with E-state index in [0.717, 1.165) is 0 Å². The SMILES string of the molecule is NC(=O)c1cn(C[C@@H](O)CCCOc2ccc(Cl)c(Cl)c2)cn1. The van der Waals surface area contributed by atoms with Crippen molar-refractivity contribution in [2.45, 2.75) is 25.5 Å². The summed E-state index contributed by atoms with van der Waals surface area (Å²) in [4.78, 5) is 14.8. The van der Waals surface area contributed by atoms with E-state index in [0.29, 0.717) is 41.8 Å². The van der Waals surface area contributed by atoms with Crippen LogP contribution in [0.25, 0.3) is 0 Å². The van der Waals surface area contributed by atoms with E-state index in [4.69, 9.17) is 33.7 Å². The number of aliphatic hydroxyl groups excluding tert-OH is 1. The van der Waals surface area contributed by atoms with E-state index in [2.05, 4.69) is 4.98 Å². The molecule has 3 N–H and O–H groups in total. The highest BCUT2D eigenvalue weighted by Crippen LogP contribution is 2.26. The Morgan fingerprint density at radius 1 is 1.39 bits per heavy atom. The number of hydrogen-bond donors (Lipinski definition) is 2. The maximum Gasteiger partial charge on any atom is 0.268 e. The van der Waals surface area contributed by atoms with Gasteiger partial charge in [-0.25, -0.2) is 4.98 Å². The maximum absolute atomic E-state index is 10.9. The molecule has 23 heavy (non-hydrogen) atoms. The molecular formula is C15H17Cl2N3O3. The summed E-state index contributed by atoms with van der Waals surface area (Å²) < 4.78 is 7.17. The number of imidazole rings is 1. The van der Waals surface area contributed by atoms with Gasteiger partial charge in [-0.05, 0) is 25.0 Å². The minimum absolute atomic E-state index is 0.181. The van der Waals surface area contributed by atoms with Crippen molar-refractivity contribution in [3.05, 3.63) is 46.5 Å². The molecule has 0 saturated heterocycles. The number of rotatable bonds is 8. The Balaban J connectivity index is 1.70. The smallest absolute Gasteiger partial charge is 0.268 e. The first-order valence-corrected chi connectivity index (χ1v) is 7.79. The number of aliphatic hydroxyl groups is 1. The van der Waals surface area contributed by atoms with Crippen LogP contribution in [0.15, 0.2) is 30.7 Å². The molecule has 0 saturated carbocycles. The fourth-order valence-electron chi connectivity index (χ4n) is 2.00. The first-order chi connectivity index (χ1) is 11.0. The number of benzene rings is 1. The Hall–Kier alpha value is -1.76. The molecule has 0 unspecified atom stereocenters. The molecule has 1 atom stereocenters. The zero-order valence-electron chi connectivity index (χ0n) is 12.3. The van der Waals surface area contributed by atoms with Gasteiger partial charge in [0.1, 0.15) is 11.4 Å². The molecule has 1 amide bonds. The van der Waals surface area contributed by atoms with Crippen molar-refractivity contribution >= 4 is 29.1 Å². The lowest BCUT2D eigenvalue weighted by molar-refractivity contribution is 0.0995. The highest BCUT2D eigenvalue weighted by atomic mass is 35.5. The van der Waals surface area contributed by atoms with Crippen LogP contribution in [0, 0.1) is 0 Å². The molecule has 0 aliphatic rings. The second kappa shape index (κ2) is 8.19. The number of halogens is 2. The maximum atomic E-state index is 10.9. The second-order valence-corrected chi connectivity index (χ2v) is 5.85. The number of nitrogens with zero attached hydrogens (tertiary/aromatic N) is 2. The molecular weight excluding hydrogens is 341 g/mol. The Kier molecular flexibility index (Phi) is 6.27. The van der Waals surface area contributed by atoms with Gasteiger partial charge in [-0.3, -0.25) is 4.79 Å². The van der Waals surface area contributed by atoms with E-state index in [9.17, 15) is 9.90 Å². The summed E-state index contributed by atoms with van der Waals surface area (Å²) in [5.41, 5.74) is 5.30. The minimum atomic E-state index is -0.590. The third kappa shape index (κ3) is 5.42. The molecule has 2 aromatic rings. The van der Waals surface area contributed by atoms with Crippen LogP contribution in [0.2, 0.25) is 10.0 Å². The number of amides is 1. The van der Waals surface area contributed by atoms with Crippen LogP contribution in [0.4, 0.5) is 0 Å². The standard InChI is InChI=1S/C15H17Cl2N3O3/c16-12-4-3-11(6-13(12)17)23-5-1-2-10(21)7-20-8-14(15(18)22)19-9-20/h3-4,6,8-10,21H,1-2,5,7H2,(H2,18,22)/t10-/m0/s1. The largest absolute Gasteiger partial charge is 0.494 e. The summed E-state index contributed by atoms with van der Waals surface area (Å²) in [6.45, 7) is 0.790. The van der Waals surface area contributed by atoms with Gasteiger partial charge in [0, 0.05) is 18.8 Å². The number of carbonyl (C=O) groups is 1. The summed E-state index contributed by atoms with van der Waals surface area (Å²) in [6, 6.07) is 5.06. The van der Waals surface area contributed by atoms with Crippen molar-refractivity contribution in [3.8, 4) is 5.75 Å². The van der Waals surface area contributed by atoms with Crippen LogP contribution in [0.3, 0.4) is 0 Å². The molecule has 8 heteroatoms. The Bertz CT molecular complexity index is 676. The summed E-state index contributed by atoms with van der Waals surface area (Å²) in [5, 5.41) is 10.9. The lowest BCUT2D eigenvalue weighted by Crippen LogP contribution is -2.16. The molecule has 0 aliphatic carbocycles. The lowest BCUT2D eigenvalue weighted by atomic mass is 10.2. The van der Waals surface area contributed by atoms with Gasteiger partial charge in [0.05, 0.1) is 29.1 Å². The first kappa shape index (κ1) is 17.6. The van der Waals surface area contributed by atoms with E-state index in [1.54, 1.807) is 22.8 Å². The average Bonchev–Trinajstić information content (AvgIpc) is 2.96. The summed E-state index contributed by atoms with van der Waals surface area (Å²) in [6.07, 6.45) is 3.62. The number of primary amides is 1. The predicted molar refractivity (Wildman–Crippen MR) is 87.9 cm³/mol. The summed E-state index contributed by atoms with van der Waals surface area (Å²) in [7, 11) is 0. The van der Waals surface area contributed by atoms with Gasteiger partial charge in [0.25, 0.3) is 5.91 Å². The van der Waals surface area contributed by atoms with Gasteiger partial charge in [0.15, 0.2) is 0 Å². The van der Waals surface area contributed by atoms with Crippen molar-refractivity contribution in [3.63, 3.8) is 0 Å². The summed E-state index contributed by atoms with van der Waals surface area (Å²) >= 11 is 11.7. The zero-order chi connectivity index (χ0) is 16.8. The molecule has 1 heterocycles. The highest BCUT2D eigenvalue weighted by Gasteiger charge is 2.09. The number of aromatic nitrogens is 2. The van der Waals surface area contributed by atoms with E-state index >= 15 is 0 Å². The van der Waals surface area contributed by atoms with Gasteiger partial charge >= 0.3 is 0 Å². The molecule has 0 spiro atoms. The van der Waals surface area contributed by atoms with E-state index in [-0.39, 0.29) is 5.69 Å². The van der Waals surface area contributed by atoms with Crippen LogP contribution >= 0.6 is 23.2 Å². The Morgan fingerprint density at radius 2 is 2.17 bits per heavy atom. The number of nitrogens with two attached hydrogens (primary N) is 1. The third-order valence-electron chi connectivity index (χ3n) is 3.15. The Labute approximate surface area is 143 Å². The predicted octanol–water partition coefficient (Wildman–Crippen LogP) is 2.51. The molecule has 0 fully saturated rings. The zero-order valence-corrected chi connectivity index (χ0v) is 13.8. The van der Waals surface area contributed by atoms with Gasteiger partial charge in [0.2, 0.25) is 0 Å². The topological polar surface area (TPSA) is 90.4 Å².